The van der Waals surface area contributed by atoms with Gasteiger partial charge >= 0.3 is 13.6 Å². The van der Waals surface area contributed by atoms with Crippen LogP contribution in [-0.2, 0) is 20.4 Å². The minimum absolute atomic E-state index is 0.122. The van der Waals surface area contributed by atoms with E-state index in [0.29, 0.717) is 12.2 Å². The molecule has 5 heteroatoms. The van der Waals surface area contributed by atoms with E-state index in [-0.39, 0.29) is 13.2 Å². The molecule has 132 valence electrons. The SMILES string of the molecule is Cc1cc(C)c(C(=O)[P+](=O)OCCOCc2ccccc2)c(C)c1C. The summed E-state index contributed by atoms with van der Waals surface area (Å²) < 4.78 is 22.9. The molecule has 0 aliphatic heterocycles. The van der Waals surface area contributed by atoms with Gasteiger partial charge in [0, 0.05) is 0 Å². The molecule has 0 amide bonds. The van der Waals surface area contributed by atoms with E-state index >= 15 is 0 Å². The van der Waals surface area contributed by atoms with Crippen molar-refractivity contribution >= 4 is 13.6 Å². The zero-order chi connectivity index (χ0) is 18.4. The molecular weight excluding hydrogens is 335 g/mol. The highest BCUT2D eigenvalue weighted by Crippen LogP contribution is 2.33. The van der Waals surface area contributed by atoms with Crippen molar-refractivity contribution in [2.75, 3.05) is 13.2 Å². The highest BCUT2D eigenvalue weighted by Gasteiger charge is 2.35. The number of rotatable bonds is 8. The van der Waals surface area contributed by atoms with E-state index in [1.807, 2.05) is 64.1 Å². The summed E-state index contributed by atoms with van der Waals surface area (Å²) >= 11 is 0. The zero-order valence-electron chi connectivity index (χ0n) is 15.2. The van der Waals surface area contributed by atoms with Crippen molar-refractivity contribution in [3.8, 4) is 0 Å². The molecule has 0 aliphatic rings. The molecule has 2 rings (SSSR count). The average Bonchev–Trinajstić information content (AvgIpc) is 2.60. The molecule has 0 fully saturated rings. The monoisotopic (exact) mass is 359 g/mol. The Morgan fingerprint density at radius 2 is 1.64 bits per heavy atom. The fraction of sp³-hybridized carbons (Fsp3) is 0.350. The van der Waals surface area contributed by atoms with Crippen LogP contribution in [0.1, 0.15) is 38.2 Å². The molecule has 0 heterocycles. The zero-order valence-corrected chi connectivity index (χ0v) is 16.1. The largest absolute Gasteiger partial charge is 0.593 e. The molecule has 25 heavy (non-hydrogen) atoms. The Morgan fingerprint density at radius 3 is 2.32 bits per heavy atom. The molecule has 0 spiro atoms. The lowest BCUT2D eigenvalue weighted by Gasteiger charge is -2.10. The molecule has 4 nitrogen and oxygen atoms in total. The summed E-state index contributed by atoms with van der Waals surface area (Å²) in [6, 6.07) is 11.7. The lowest BCUT2D eigenvalue weighted by molar-refractivity contribution is 0.0883. The predicted molar refractivity (Wildman–Crippen MR) is 99.4 cm³/mol. The molecule has 0 bridgehead atoms. The van der Waals surface area contributed by atoms with Crippen molar-refractivity contribution in [2.24, 2.45) is 0 Å². The normalized spacial score (nSPS) is 11.4. The van der Waals surface area contributed by atoms with E-state index in [1.165, 1.54) is 0 Å². The minimum Gasteiger partial charge on any atom is -0.374 e. The van der Waals surface area contributed by atoms with Gasteiger partial charge in [0.1, 0.15) is 6.61 Å². The van der Waals surface area contributed by atoms with Crippen molar-refractivity contribution < 1.29 is 18.6 Å². The van der Waals surface area contributed by atoms with E-state index in [2.05, 4.69) is 0 Å². The maximum Gasteiger partial charge on any atom is 0.593 e. The van der Waals surface area contributed by atoms with E-state index in [1.54, 1.807) is 0 Å². The van der Waals surface area contributed by atoms with E-state index in [4.69, 9.17) is 9.26 Å². The number of benzene rings is 2. The van der Waals surface area contributed by atoms with Crippen LogP contribution in [0, 0.1) is 27.7 Å². The summed E-state index contributed by atoms with van der Waals surface area (Å²) in [4.78, 5) is 12.5. The Morgan fingerprint density at radius 1 is 0.960 bits per heavy atom. The fourth-order valence-electron chi connectivity index (χ4n) is 2.71. The van der Waals surface area contributed by atoms with Gasteiger partial charge < -0.3 is 4.74 Å². The topological polar surface area (TPSA) is 52.6 Å². The third-order valence-corrected chi connectivity index (χ3v) is 5.26. The Balaban J connectivity index is 1.87. The minimum atomic E-state index is -2.41. The molecule has 0 aliphatic carbocycles. The van der Waals surface area contributed by atoms with Gasteiger partial charge in [0.15, 0.2) is 0 Å². The third-order valence-electron chi connectivity index (χ3n) is 4.28. The Labute approximate surface area is 150 Å². The van der Waals surface area contributed by atoms with Crippen molar-refractivity contribution in [3.63, 3.8) is 0 Å². The molecule has 0 N–H and O–H groups in total. The standard InChI is InChI=1S/C20H24O4P/c1-14-12-15(2)19(17(4)16(14)3)20(21)25(22)24-11-10-23-13-18-8-6-5-7-9-18/h5-9,12H,10-11,13H2,1-4H3/q+1. The quantitative estimate of drug-likeness (QED) is 0.490. The van der Waals surface area contributed by atoms with Gasteiger partial charge in [-0.05, 0) is 60.1 Å². The van der Waals surface area contributed by atoms with Crippen molar-refractivity contribution in [2.45, 2.75) is 34.3 Å². The smallest absolute Gasteiger partial charge is 0.374 e. The van der Waals surface area contributed by atoms with Crippen LogP contribution < -0.4 is 0 Å². The molecule has 0 saturated heterocycles. The number of hydrogen-bond donors (Lipinski definition) is 0. The van der Waals surface area contributed by atoms with Crippen molar-refractivity contribution in [1.82, 2.24) is 0 Å². The van der Waals surface area contributed by atoms with Crippen LogP contribution in [0.3, 0.4) is 0 Å². The van der Waals surface area contributed by atoms with E-state index < -0.39 is 13.6 Å². The second-order valence-corrected chi connectivity index (χ2v) is 7.25. The second kappa shape index (κ2) is 9.00. The molecule has 0 radical (unpaired) electrons. The summed E-state index contributed by atoms with van der Waals surface area (Å²) in [7, 11) is -2.41. The molecule has 2 aromatic rings. The van der Waals surface area contributed by atoms with Gasteiger partial charge in [0.05, 0.1) is 18.8 Å². The van der Waals surface area contributed by atoms with Crippen molar-refractivity contribution in [1.29, 1.82) is 0 Å². The number of aryl methyl sites for hydroxylation is 2. The molecule has 0 aromatic heterocycles. The highest BCUT2D eigenvalue weighted by molar-refractivity contribution is 7.60. The molecule has 1 atom stereocenters. The molecule has 1 unspecified atom stereocenters. The maximum absolute atomic E-state index is 12.5. The van der Waals surface area contributed by atoms with Crippen LogP contribution in [0.2, 0.25) is 0 Å². The number of carbonyl (C=O) groups excluding carboxylic acids is 1. The second-order valence-electron chi connectivity index (χ2n) is 6.07. The summed E-state index contributed by atoms with van der Waals surface area (Å²) in [6.45, 7) is 8.58. The molecule has 0 saturated carbocycles. The van der Waals surface area contributed by atoms with Crippen LogP contribution in [0.4, 0.5) is 0 Å². The van der Waals surface area contributed by atoms with E-state index in [0.717, 1.165) is 27.8 Å². The Hall–Kier alpha value is -1.87. The molecular formula is C20H24O4P+. The number of ether oxygens (including phenoxy) is 1. The number of carbonyl (C=O) groups is 1. The lowest BCUT2D eigenvalue weighted by Crippen LogP contribution is -2.07. The van der Waals surface area contributed by atoms with Gasteiger partial charge in [-0.2, -0.15) is 0 Å². The highest BCUT2D eigenvalue weighted by atomic mass is 31.1. The first-order valence-corrected chi connectivity index (χ1v) is 9.43. The maximum atomic E-state index is 12.5. The van der Waals surface area contributed by atoms with Crippen LogP contribution >= 0.6 is 8.03 Å². The summed E-state index contributed by atoms with van der Waals surface area (Å²) in [5.41, 5.74) is 4.99. The summed E-state index contributed by atoms with van der Waals surface area (Å²) in [6.07, 6.45) is 0. The predicted octanol–water partition coefficient (Wildman–Crippen LogP) is 5.04. The van der Waals surface area contributed by atoms with E-state index in [9.17, 15) is 9.36 Å². The van der Waals surface area contributed by atoms with Crippen LogP contribution in [0.5, 0.6) is 0 Å². The van der Waals surface area contributed by atoms with Gasteiger partial charge in [-0.1, -0.05) is 36.4 Å². The third kappa shape index (κ3) is 5.05. The summed E-state index contributed by atoms with van der Waals surface area (Å²) in [5.74, 6) is 0. The fourth-order valence-corrected chi connectivity index (χ4v) is 3.59. The van der Waals surface area contributed by atoms with Crippen LogP contribution in [0.15, 0.2) is 36.4 Å². The number of hydrogen-bond acceptors (Lipinski definition) is 4. The van der Waals surface area contributed by atoms with Gasteiger partial charge in [-0.3, -0.25) is 0 Å². The van der Waals surface area contributed by atoms with Gasteiger partial charge in [-0.15, -0.1) is 4.52 Å². The molecule has 2 aromatic carbocycles. The first kappa shape index (κ1) is 19.5. The Kier molecular flexibility index (Phi) is 7.01. The first-order chi connectivity index (χ1) is 11.9. The lowest BCUT2D eigenvalue weighted by atomic mass is 9.95. The van der Waals surface area contributed by atoms with Gasteiger partial charge in [-0.25, -0.2) is 4.79 Å². The first-order valence-electron chi connectivity index (χ1n) is 8.25. The summed E-state index contributed by atoms with van der Waals surface area (Å²) in [5, 5.41) is 0. The van der Waals surface area contributed by atoms with Crippen molar-refractivity contribution in [3.05, 3.63) is 69.8 Å². The van der Waals surface area contributed by atoms with Gasteiger partial charge in [0.2, 0.25) is 0 Å². The average molecular weight is 359 g/mol. The van der Waals surface area contributed by atoms with Gasteiger partial charge in [0.25, 0.3) is 0 Å². The van der Waals surface area contributed by atoms with Crippen LogP contribution in [0.25, 0.3) is 0 Å². The Bertz CT molecular complexity index is 769. The van der Waals surface area contributed by atoms with Crippen LogP contribution in [-0.4, -0.2) is 18.7 Å².